The standard InChI is InChI=1S/C19H20FNO2/c1-21(2)13-15-6-4-5-7-17(15)19(22)11-9-14-8-10-16(23-3)12-18(14)20/h4-12H,13H2,1-3H3. The first-order chi connectivity index (χ1) is 11.0. The van der Waals surface area contributed by atoms with Crippen LogP contribution in [-0.2, 0) is 6.54 Å². The number of ether oxygens (including phenoxy) is 1. The van der Waals surface area contributed by atoms with Gasteiger partial charge in [0, 0.05) is 23.7 Å². The first-order valence-corrected chi connectivity index (χ1v) is 7.30. The second kappa shape index (κ2) is 7.70. The van der Waals surface area contributed by atoms with Crippen molar-refractivity contribution < 1.29 is 13.9 Å². The Balaban J connectivity index is 2.22. The molecule has 120 valence electrons. The highest BCUT2D eigenvalue weighted by atomic mass is 19.1. The highest BCUT2D eigenvalue weighted by Crippen LogP contribution is 2.18. The van der Waals surface area contributed by atoms with Gasteiger partial charge in [-0.25, -0.2) is 4.39 Å². The maximum absolute atomic E-state index is 13.9. The Morgan fingerprint density at radius 1 is 1.22 bits per heavy atom. The molecular formula is C19H20FNO2. The van der Waals surface area contributed by atoms with Crippen LogP contribution < -0.4 is 4.74 Å². The lowest BCUT2D eigenvalue weighted by Gasteiger charge is -2.12. The second-order valence-corrected chi connectivity index (χ2v) is 5.48. The average molecular weight is 313 g/mol. The summed E-state index contributed by atoms with van der Waals surface area (Å²) in [6.07, 6.45) is 2.89. The summed E-state index contributed by atoms with van der Waals surface area (Å²) in [6.45, 7) is 0.673. The van der Waals surface area contributed by atoms with E-state index in [4.69, 9.17) is 4.74 Å². The zero-order valence-electron chi connectivity index (χ0n) is 13.5. The van der Waals surface area contributed by atoms with Crippen LogP contribution in [0.4, 0.5) is 4.39 Å². The molecule has 0 aliphatic heterocycles. The molecule has 0 aliphatic rings. The van der Waals surface area contributed by atoms with Crippen molar-refractivity contribution in [1.29, 1.82) is 0 Å². The highest BCUT2D eigenvalue weighted by molar-refractivity contribution is 6.07. The first-order valence-electron chi connectivity index (χ1n) is 7.30. The highest BCUT2D eigenvalue weighted by Gasteiger charge is 2.09. The number of nitrogens with zero attached hydrogens (tertiary/aromatic N) is 1. The molecular weight excluding hydrogens is 293 g/mol. The molecule has 2 aromatic carbocycles. The Bertz CT molecular complexity index is 723. The molecule has 0 aliphatic carbocycles. The maximum Gasteiger partial charge on any atom is 0.186 e. The third-order valence-corrected chi connectivity index (χ3v) is 3.39. The summed E-state index contributed by atoms with van der Waals surface area (Å²) in [5.74, 6) is -0.116. The van der Waals surface area contributed by atoms with Gasteiger partial charge in [0.2, 0.25) is 0 Å². The van der Waals surface area contributed by atoms with Crippen LogP contribution >= 0.6 is 0 Å². The molecule has 0 saturated heterocycles. The third-order valence-electron chi connectivity index (χ3n) is 3.39. The van der Waals surface area contributed by atoms with Crippen LogP contribution in [0.1, 0.15) is 21.5 Å². The number of allylic oxidation sites excluding steroid dienone is 1. The quantitative estimate of drug-likeness (QED) is 0.600. The van der Waals surface area contributed by atoms with E-state index in [-0.39, 0.29) is 5.78 Å². The Labute approximate surface area is 136 Å². The van der Waals surface area contributed by atoms with E-state index in [9.17, 15) is 9.18 Å². The van der Waals surface area contributed by atoms with E-state index in [1.807, 2.05) is 37.2 Å². The number of carbonyl (C=O) groups excluding carboxylic acids is 1. The van der Waals surface area contributed by atoms with Crippen LogP contribution in [0.25, 0.3) is 6.08 Å². The van der Waals surface area contributed by atoms with E-state index in [2.05, 4.69) is 0 Å². The van der Waals surface area contributed by atoms with E-state index >= 15 is 0 Å². The van der Waals surface area contributed by atoms with Gasteiger partial charge in [-0.3, -0.25) is 4.79 Å². The molecule has 0 atom stereocenters. The van der Waals surface area contributed by atoms with E-state index in [0.29, 0.717) is 23.4 Å². The number of carbonyl (C=O) groups is 1. The van der Waals surface area contributed by atoms with Crippen molar-refractivity contribution in [3.05, 3.63) is 71.0 Å². The van der Waals surface area contributed by atoms with Gasteiger partial charge in [0.1, 0.15) is 11.6 Å². The van der Waals surface area contributed by atoms with Gasteiger partial charge < -0.3 is 9.64 Å². The van der Waals surface area contributed by atoms with Gasteiger partial charge >= 0.3 is 0 Å². The van der Waals surface area contributed by atoms with Gasteiger partial charge in [0.05, 0.1) is 7.11 Å². The van der Waals surface area contributed by atoms with Crippen LogP contribution in [0, 0.1) is 5.82 Å². The van der Waals surface area contributed by atoms with E-state index < -0.39 is 5.82 Å². The fourth-order valence-corrected chi connectivity index (χ4v) is 2.26. The number of methoxy groups -OCH3 is 1. The molecule has 0 amide bonds. The van der Waals surface area contributed by atoms with Crippen molar-refractivity contribution >= 4 is 11.9 Å². The summed E-state index contributed by atoms with van der Waals surface area (Å²) in [6, 6.07) is 12.0. The molecule has 0 bridgehead atoms. The lowest BCUT2D eigenvalue weighted by atomic mass is 10.0. The number of rotatable bonds is 6. The molecule has 0 saturated carbocycles. The van der Waals surface area contributed by atoms with Crippen LogP contribution in [0.5, 0.6) is 5.75 Å². The van der Waals surface area contributed by atoms with Gasteiger partial charge in [0.15, 0.2) is 5.78 Å². The number of ketones is 1. The smallest absolute Gasteiger partial charge is 0.186 e. The number of benzene rings is 2. The minimum absolute atomic E-state index is 0.141. The minimum atomic E-state index is -0.421. The predicted octanol–water partition coefficient (Wildman–Crippen LogP) is 3.79. The number of halogens is 1. The molecule has 0 heterocycles. The summed E-state index contributed by atoms with van der Waals surface area (Å²) >= 11 is 0. The van der Waals surface area contributed by atoms with Crippen LogP contribution in [-0.4, -0.2) is 31.9 Å². The molecule has 2 aromatic rings. The fourth-order valence-electron chi connectivity index (χ4n) is 2.26. The van der Waals surface area contributed by atoms with Crippen molar-refractivity contribution in [3.8, 4) is 5.75 Å². The second-order valence-electron chi connectivity index (χ2n) is 5.48. The summed E-state index contributed by atoms with van der Waals surface area (Å²) < 4.78 is 18.9. The summed E-state index contributed by atoms with van der Waals surface area (Å²) in [5, 5.41) is 0. The van der Waals surface area contributed by atoms with Crippen molar-refractivity contribution in [2.45, 2.75) is 6.54 Å². The number of hydrogen-bond donors (Lipinski definition) is 0. The lowest BCUT2D eigenvalue weighted by Crippen LogP contribution is -2.13. The average Bonchev–Trinajstić information content (AvgIpc) is 2.53. The minimum Gasteiger partial charge on any atom is -0.497 e. The predicted molar refractivity (Wildman–Crippen MR) is 90.1 cm³/mol. The van der Waals surface area contributed by atoms with Gasteiger partial charge in [-0.15, -0.1) is 0 Å². The summed E-state index contributed by atoms with van der Waals surface area (Å²) in [5.41, 5.74) is 1.93. The molecule has 4 heteroatoms. The van der Waals surface area contributed by atoms with Gasteiger partial charge in [0.25, 0.3) is 0 Å². The van der Waals surface area contributed by atoms with E-state index in [1.54, 1.807) is 18.2 Å². The van der Waals surface area contributed by atoms with Crippen molar-refractivity contribution in [3.63, 3.8) is 0 Å². The molecule has 3 nitrogen and oxygen atoms in total. The van der Waals surface area contributed by atoms with E-state index in [0.717, 1.165) is 5.56 Å². The Morgan fingerprint density at radius 3 is 2.61 bits per heavy atom. The monoisotopic (exact) mass is 313 g/mol. The zero-order chi connectivity index (χ0) is 16.8. The van der Waals surface area contributed by atoms with Crippen LogP contribution in [0.2, 0.25) is 0 Å². The number of hydrogen-bond acceptors (Lipinski definition) is 3. The summed E-state index contributed by atoms with van der Waals surface area (Å²) in [4.78, 5) is 14.4. The van der Waals surface area contributed by atoms with Crippen LogP contribution in [0.3, 0.4) is 0 Å². The van der Waals surface area contributed by atoms with Crippen molar-refractivity contribution in [2.75, 3.05) is 21.2 Å². The fraction of sp³-hybridized carbons (Fsp3) is 0.211. The molecule has 0 spiro atoms. The lowest BCUT2D eigenvalue weighted by molar-refractivity contribution is 0.104. The molecule has 0 fully saturated rings. The van der Waals surface area contributed by atoms with Gasteiger partial charge in [-0.2, -0.15) is 0 Å². The van der Waals surface area contributed by atoms with Crippen LogP contribution in [0.15, 0.2) is 48.5 Å². The molecule has 2 rings (SSSR count). The third kappa shape index (κ3) is 4.50. The van der Waals surface area contributed by atoms with Gasteiger partial charge in [-0.05, 0) is 43.9 Å². The van der Waals surface area contributed by atoms with E-state index in [1.165, 1.54) is 25.3 Å². The topological polar surface area (TPSA) is 29.5 Å². The molecule has 0 N–H and O–H groups in total. The summed E-state index contributed by atoms with van der Waals surface area (Å²) in [7, 11) is 5.38. The van der Waals surface area contributed by atoms with Crippen molar-refractivity contribution in [2.24, 2.45) is 0 Å². The first kappa shape index (κ1) is 16.9. The zero-order valence-corrected chi connectivity index (χ0v) is 13.5. The Hall–Kier alpha value is -2.46. The normalized spacial score (nSPS) is 11.2. The Kier molecular flexibility index (Phi) is 5.66. The SMILES string of the molecule is COc1ccc(C=CC(=O)c2ccccc2CN(C)C)c(F)c1. The maximum atomic E-state index is 13.9. The molecule has 23 heavy (non-hydrogen) atoms. The molecule has 0 aromatic heterocycles. The van der Waals surface area contributed by atoms with Gasteiger partial charge in [-0.1, -0.05) is 24.3 Å². The van der Waals surface area contributed by atoms with Crippen molar-refractivity contribution in [1.82, 2.24) is 4.90 Å². The Morgan fingerprint density at radius 2 is 1.96 bits per heavy atom. The largest absolute Gasteiger partial charge is 0.497 e. The molecule has 0 unspecified atom stereocenters. The molecule has 0 radical (unpaired) electrons.